The number of H-pyrrole nitrogens is 1. The first-order valence-corrected chi connectivity index (χ1v) is 4.99. The van der Waals surface area contributed by atoms with Crippen LogP contribution in [0.3, 0.4) is 0 Å². The molecule has 1 N–H and O–H groups in total. The molecule has 0 aliphatic carbocycles. The lowest BCUT2D eigenvalue weighted by Gasteiger charge is -2.21. The minimum Gasteiger partial charge on any atom is -0.319 e. The third kappa shape index (κ3) is 1.37. The zero-order valence-electron chi connectivity index (χ0n) is 9.74. The van der Waals surface area contributed by atoms with Crippen LogP contribution in [0.1, 0.15) is 20.8 Å². The van der Waals surface area contributed by atoms with Gasteiger partial charge in [-0.3, -0.25) is 14.3 Å². The number of aromatic nitrogens is 4. The van der Waals surface area contributed by atoms with Crippen molar-refractivity contribution in [3.05, 3.63) is 27.2 Å². The molecule has 0 fully saturated rings. The lowest BCUT2D eigenvalue weighted by atomic mass is 10.1. The lowest BCUT2D eigenvalue weighted by molar-refractivity contribution is 0.407. The number of hydrogen-bond acceptors (Lipinski definition) is 3. The van der Waals surface area contributed by atoms with Gasteiger partial charge in [-0.2, -0.15) is 0 Å². The van der Waals surface area contributed by atoms with E-state index in [0.717, 1.165) is 4.57 Å². The molecule has 0 amide bonds. The first-order chi connectivity index (χ1) is 7.32. The third-order valence-corrected chi connectivity index (χ3v) is 2.53. The maximum Gasteiger partial charge on any atom is 0.329 e. The van der Waals surface area contributed by atoms with Crippen molar-refractivity contribution in [2.45, 2.75) is 26.3 Å². The summed E-state index contributed by atoms with van der Waals surface area (Å²) in [6.07, 6.45) is 1.57. The summed E-state index contributed by atoms with van der Waals surface area (Å²) in [5.74, 6) is 0. The number of rotatable bonds is 0. The Balaban J connectivity index is 2.99. The van der Waals surface area contributed by atoms with E-state index in [4.69, 9.17) is 0 Å². The predicted molar refractivity (Wildman–Crippen MR) is 60.6 cm³/mol. The molecule has 2 aromatic heterocycles. The summed E-state index contributed by atoms with van der Waals surface area (Å²) in [4.78, 5) is 29.9. The maximum atomic E-state index is 12.0. The second-order valence-corrected chi connectivity index (χ2v) is 4.78. The van der Waals surface area contributed by atoms with Crippen molar-refractivity contribution in [3.8, 4) is 0 Å². The van der Waals surface area contributed by atoms with Gasteiger partial charge in [-0.05, 0) is 20.8 Å². The summed E-state index contributed by atoms with van der Waals surface area (Å²) in [5.41, 5.74) is -0.264. The van der Waals surface area contributed by atoms with Crippen LogP contribution >= 0.6 is 0 Å². The number of hydrogen-bond donors (Lipinski definition) is 1. The van der Waals surface area contributed by atoms with Gasteiger partial charge in [0.25, 0.3) is 5.56 Å². The van der Waals surface area contributed by atoms with Crippen LogP contribution < -0.4 is 11.2 Å². The van der Waals surface area contributed by atoms with Crippen LogP contribution in [-0.4, -0.2) is 19.1 Å². The first-order valence-electron chi connectivity index (χ1n) is 4.99. The molecule has 86 valence electrons. The Morgan fingerprint density at radius 2 is 1.94 bits per heavy atom. The zero-order chi connectivity index (χ0) is 12.1. The van der Waals surface area contributed by atoms with Crippen LogP contribution in [-0.2, 0) is 12.6 Å². The second-order valence-electron chi connectivity index (χ2n) is 4.78. The molecule has 2 rings (SSSR count). The Labute approximate surface area is 91.5 Å². The normalized spacial score (nSPS) is 12.2. The standard InChI is InChI=1S/C10H14N4O2/c1-10(2,3)14-5-11-7-6(14)8(15)13(4)9(16)12-7/h5H,1-4H3,(H,12,16). The third-order valence-electron chi connectivity index (χ3n) is 2.53. The molecule has 2 heterocycles. The lowest BCUT2D eigenvalue weighted by Crippen LogP contribution is -2.35. The SMILES string of the molecule is Cn1c(=O)[nH]c2ncn(C(C)(C)C)c2c1=O. The molecular weight excluding hydrogens is 208 g/mol. The maximum absolute atomic E-state index is 12.0. The molecule has 0 aliphatic rings. The monoisotopic (exact) mass is 222 g/mol. The van der Waals surface area contributed by atoms with Crippen molar-refractivity contribution in [2.75, 3.05) is 0 Å². The molecule has 0 saturated carbocycles. The summed E-state index contributed by atoms with van der Waals surface area (Å²) in [6.45, 7) is 5.91. The van der Waals surface area contributed by atoms with Crippen molar-refractivity contribution >= 4 is 11.2 Å². The fourth-order valence-electron chi connectivity index (χ4n) is 1.59. The Morgan fingerprint density at radius 1 is 1.31 bits per heavy atom. The Bertz CT molecular complexity index is 654. The largest absolute Gasteiger partial charge is 0.329 e. The second kappa shape index (κ2) is 3.07. The van der Waals surface area contributed by atoms with E-state index in [9.17, 15) is 9.59 Å². The molecule has 6 nitrogen and oxygen atoms in total. The number of nitrogens with one attached hydrogen (secondary N) is 1. The smallest absolute Gasteiger partial charge is 0.319 e. The number of fused-ring (bicyclic) bond motifs is 1. The molecule has 0 bridgehead atoms. The van der Waals surface area contributed by atoms with Crippen LogP contribution in [0.15, 0.2) is 15.9 Å². The van der Waals surface area contributed by atoms with Gasteiger partial charge < -0.3 is 4.57 Å². The molecule has 0 radical (unpaired) electrons. The minimum atomic E-state index is -0.448. The van der Waals surface area contributed by atoms with Crippen molar-refractivity contribution in [1.29, 1.82) is 0 Å². The highest BCUT2D eigenvalue weighted by atomic mass is 16.2. The van der Waals surface area contributed by atoms with Crippen molar-refractivity contribution in [1.82, 2.24) is 19.1 Å². The molecular formula is C10H14N4O2. The van der Waals surface area contributed by atoms with Gasteiger partial charge in [-0.15, -0.1) is 0 Å². The highest BCUT2D eigenvalue weighted by Gasteiger charge is 2.19. The van der Waals surface area contributed by atoms with E-state index in [0.29, 0.717) is 11.2 Å². The highest BCUT2D eigenvalue weighted by Crippen LogP contribution is 2.17. The van der Waals surface area contributed by atoms with E-state index in [2.05, 4.69) is 9.97 Å². The molecule has 0 saturated heterocycles. The minimum absolute atomic E-state index is 0.251. The van der Waals surface area contributed by atoms with Crippen LogP contribution in [0.2, 0.25) is 0 Å². The molecule has 0 aromatic carbocycles. The Kier molecular flexibility index (Phi) is 2.04. The van der Waals surface area contributed by atoms with Crippen LogP contribution in [0.4, 0.5) is 0 Å². The number of imidazole rings is 1. The average Bonchev–Trinajstić information content (AvgIpc) is 2.57. The summed E-state index contributed by atoms with van der Waals surface area (Å²) < 4.78 is 2.81. The zero-order valence-corrected chi connectivity index (χ0v) is 9.74. The predicted octanol–water partition coefficient (Wildman–Crippen LogP) is 0.178. The molecule has 6 heteroatoms. The van der Waals surface area contributed by atoms with E-state index in [1.54, 1.807) is 10.9 Å². The van der Waals surface area contributed by atoms with E-state index in [1.165, 1.54) is 7.05 Å². The molecule has 2 aromatic rings. The summed E-state index contributed by atoms with van der Waals surface area (Å²) >= 11 is 0. The van der Waals surface area contributed by atoms with E-state index in [1.807, 2.05) is 20.8 Å². The van der Waals surface area contributed by atoms with Gasteiger partial charge in [0.05, 0.1) is 6.33 Å². The first kappa shape index (κ1) is 10.7. The van der Waals surface area contributed by atoms with E-state index >= 15 is 0 Å². The topological polar surface area (TPSA) is 72.7 Å². The number of aromatic amines is 1. The molecule has 0 aliphatic heterocycles. The summed E-state index contributed by atoms with van der Waals surface area (Å²) in [6, 6.07) is 0. The molecule has 16 heavy (non-hydrogen) atoms. The van der Waals surface area contributed by atoms with Crippen molar-refractivity contribution in [2.24, 2.45) is 7.05 Å². The quantitative estimate of drug-likeness (QED) is 0.691. The van der Waals surface area contributed by atoms with Crippen molar-refractivity contribution in [3.63, 3.8) is 0 Å². The van der Waals surface area contributed by atoms with Gasteiger partial charge in [-0.1, -0.05) is 0 Å². The molecule has 0 atom stereocenters. The van der Waals surface area contributed by atoms with Gasteiger partial charge >= 0.3 is 5.69 Å². The van der Waals surface area contributed by atoms with Crippen LogP contribution in [0.25, 0.3) is 11.2 Å². The van der Waals surface area contributed by atoms with Gasteiger partial charge in [-0.25, -0.2) is 9.78 Å². The van der Waals surface area contributed by atoms with Crippen LogP contribution in [0.5, 0.6) is 0 Å². The van der Waals surface area contributed by atoms with Crippen LogP contribution in [0, 0.1) is 0 Å². The Hall–Kier alpha value is -1.85. The fourth-order valence-corrected chi connectivity index (χ4v) is 1.59. The summed E-state index contributed by atoms with van der Waals surface area (Å²) in [5, 5.41) is 0. The highest BCUT2D eigenvalue weighted by molar-refractivity contribution is 5.69. The van der Waals surface area contributed by atoms with E-state index in [-0.39, 0.29) is 11.1 Å². The van der Waals surface area contributed by atoms with Gasteiger partial charge in [0, 0.05) is 12.6 Å². The van der Waals surface area contributed by atoms with Crippen molar-refractivity contribution < 1.29 is 0 Å². The summed E-state index contributed by atoms with van der Waals surface area (Å²) in [7, 11) is 1.45. The number of nitrogens with zero attached hydrogens (tertiary/aromatic N) is 3. The van der Waals surface area contributed by atoms with Gasteiger partial charge in [0.1, 0.15) is 0 Å². The molecule has 0 spiro atoms. The average molecular weight is 222 g/mol. The Morgan fingerprint density at radius 3 is 2.50 bits per heavy atom. The fraction of sp³-hybridized carbons (Fsp3) is 0.500. The van der Waals surface area contributed by atoms with Gasteiger partial charge in [0.2, 0.25) is 0 Å². The van der Waals surface area contributed by atoms with E-state index < -0.39 is 5.69 Å². The van der Waals surface area contributed by atoms with Gasteiger partial charge in [0.15, 0.2) is 11.2 Å². The molecule has 0 unspecified atom stereocenters.